The van der Waals surface area contributed by atoms with Gasteiger partial charge in [-0.25, -0.2) is 8.42 Å². The fraction of sp³-hybridized carbons (Fsp3) is 0.900. The first-order chi connectivity index (χ1) is 7.32. The van der Waals surface area contributed by atoms with Crippen molar-refractivity contribution in [2.75, 3.05) is 11.5 Å². The molecule has 0 bridgehead atoms. The van der Waals surface area contributed by atoms with Gasteiger partial charge in [-0.05, 0) is 18.8 Å². The summed E-state index contributed by atoms with van der Waals surface area (Å²) in [6.07, 6.45) is 0.998. The Labute approximate surface area is 96.7 Å². The maximum Gasteiger partial charge on any atom is 0.237 e. The molecule has 0 radical (unpaired) electrons. The SMILES string of the molecule is CC(C)C(N)C(=O)NC1CCS(=O)(=O)CC1. The van der Waals surface area contributed by atoms with Crippen LogP contribution >= 0.6 is 0 Å². The molecule has 0 spiro atoms. The third-order valence-electron chi connectivity index (χ3n) is 2.92. The molecule has 0 aromatic heterocycles. The summed E-state index contributed by atoms with van der Waals surface area (Å²) in [6.45, 7) is 3.77. The van der Waals surface area contributed by atoms with Crippen LogP contribution in [0, 0.1) is 5.92 Å². The van der Waals surface area contributed by atoms with E-state index in [1.807, 2.05) is 13.8 Å². The molecule has 16 heavy (non-hydrogen) atoms. The molecule has 3 N–H and O–H groups in total. The maximum absolute atomic E-state index is 11.6. The second-order valence-corrected chi connectivity index (χ2v) is 7.01. The van der Waals surface area contributed by atoms with Crippen molar-refractivity contribution in [3.63, 3.8) is 0 Å². The molecule has 0 aliphatic carbocycles. The van der Waals surface area contributed by atoms with Crippen molar-refractivity contribution in [1.82, 2.24) is 5.32 Å². The lowest BCUT2D eigenvalue weighted by atomic mass is 10.0. The van der Waals surface area contributed by atoms with Crippen molar-refractivity contribution in [2.24, 2.45) is 11.7 Å². The predicted octanol–water partition coefficient (Wildman–Crippen LogP) is -0.337. The predicted molar refractivity (Wildman–Crippen MR) is 62.6 cm³/mol. The van der Waals surface area contributed by atoms with Crippen molar-refractivity contribution < 1.29 is 13.2 Å². The van der Waals surface area contributed by atoms with E-state index < -0.39 is 15.9 Å². The first kappa shape index (κ1) is 13.4. The quantitative estimate of drug-likeness (QED) is 0.715. The van der Waals surface area contributed by atoms with Crippen molar-refractivity contribution in [2.45, 2.75) is 38.8 Å². The van der Waals surface area contributed by atoms with Gasteiger partial charge in [-0.1, -0.05) is 13.8 Å². The molecule has 0 saturated carbocycles. The van der Waals surface area contributed by atoms with E-state index >= 15 is 0 Å². The van der Waals surface area contributed by atoms with E-state index in [-0.39, 0.29) is 29.4 Å². The largest absolute Gasteiger partial charge is 0.352 e. The molecule has 1 amide bonds. The van der Waals surface area contributed by atoms with Crippen LogP contribution in [-0.4, -0.2) is 37.9 Å². The Kier molecular flexibility index (Phi) is 4.32. The van der Waals surface area contributed by atoms with E-state index in [2.05, 4.69) is 5.32 Å². The highest BCUT2D eigenvalue weighted by atomic mass is 32.2. The monoisotopic (exact) mass is 248 g/mol. The summed E-state index contributed by atoms with van der Waals surface area (Å²) < 4.78 is 22.4. The molecule has 1 aliphatic heterocycles. The third-order valence-corrected chi connectivity index (χ3v) is 4.64. The van der Waals surface area contributed by atoms with Gasteiger partial charge in [0.05, 0.1) is 17.5 Å². The Hall–Kier alpha value is -0.620. The molecule has 0 aromatic rings. The number of amides is 1. The molecular weight excluding hydrogens is 228 g/mol. The number of hydrogen-bond donors (Lipinski definition) is 2. The van der Waals surface area contributed by atoms with Crippen LogP contribution in [-0.2, 0) is 14.6 Å². The molecule has 5 nitrogen and oxygen atoms in total. The Morgan fingerprint density at radius 1 is 1.31 bits per heavy atom. The van der Waals surface area contributed by atoms with Gasteiger partial charge >= 0.3 is 0 Å². The van der Waals surface area contributed by atoms with E-state index in [0.29, 0.717) is 12.8 Å². The fourth-order valence-corrected chi connectivity index (χ4v) is 3.13. The van der Waals surface area contributed by atoms with Gasteiger partial charge in [-0.3, -0.25) is 4.79 Å². The molecular formula is C10H20N2O3S. The van der Waals surface area contributed by atoms with Crippen LogP contribution in [0.5, 0.6) is 0 Å². The van der Waals surface area contributed by atoms with E-state index in [0.717, 1.165) is 0 Å². The summed E-state index contributed by atoms with van der Waals surface area (Å²) in [5.74, 6) is 0.232. The number of carbonyl (C=O) groups excluding carboxylic acids is 1. The van der Waals surface area contributed by atoms with Gasteiger partial charge in [-0.15, -0.1) is 0 Å². The van der Waals surface area contributed by atoms with E-state index in [1.54, 1.807) is 0 Å². The Bertz CT molecular complexity index is 337. The summed E-state index contributed by atoms with van der Waals surface area (Å²) in [5, 5.41) is 2.81. The molecule has 1 saturated heterocycles. The van der Waals surface area contributed by atoms with Gasteiger partial charge in [0.2, 0.25) is 5.91 Å². The highest BCUT2D eigenvalue weighted by molar-refractivity contribution is 7.91. The lowest BCUT2D eigenvalue weighted by Gasteiger charge is -2.25. The minimum atomic E-state index is -2.87. The second-order valence-electron chi connectivity index (χ2n) is 4.70. The molecule has 1 fully saturated rings. The minimum Gasteiger partial charge on any atom is -0.352 e. The highest BCUT2D eigenvalue weighted by Crippen LogP contribution is 2.12. The number of nitrogens with one attached hydrogen (secondary N) is 1. The zero-order chi connectivity index (χ0) is 12.3. The van der Waals surface area contributed by atoms with Gasteiger partial charge in [0.1, 0.15) is 9.84 Å². The molecule has 0 aromatic carbocycles. The average molecular weight is 248 g/mol. The van der Waals surface area contributed by atoms with E-state index in [4.69, 9.17) is 5.73 Å². The van der Waals surface area contributed by atoms with Crippen molar-refractivity contribution in [3.8, 4) is 0 Å². The Morgan fingerprint density at radius 2 is 1.81 bits per heavy atom. The van der Waals surface area contributed by atoms with Crippen LogP contribution in [0.1, 0.15) is 26.7 Å². The molecule has 6 heteroatoms. The molecule has 1 aliphatic rings. The minimum absolute atomic E-state index is 0.0409. The van der Waals surface area contributed by atoms with Crippen LogP contribution in [0.4, 0.5) is 0 Å². The molecule has 1 unspecified atom stereocenters. The van der Waals surface area contributed by atoms with Crippen molar-refractivity contribution >= 4 is 15.7 Å². The number of hydrogen-bond acceptors (Lipinski definition) is 4. The van der Waals surface area contributed by atoms with Crippen molar-refractivity contribution in [1.29, 1.82) is 0 Å². The molecule has 1 rings (SSSR count). The maximum atomic E-state index is 11.6. The zero-order valence-corrected chi connectivity index (χ0v) is 10.6. The second kappa shape index (κ2) is 5.14. The van der Waals surface area contributed by atoms with Crippen LogP contribution in [0.3, 0.4) is 0 Å². The van der Waals surface area contributed by atoms with Gasteiger partial charge < -0.3 is 11.1 Å². The number of carbonyl (C=O) groups is 1. The normalized spacial score (nSPS) is 23.0. The topological polar surface area (TPSA) is 89.3 Å². The standard InChI is InChI=1S/C10H20N2O3S/c1-7(2)9(11)10(13)12-8-3-5-16(14,15)6-4-8/h7-9H,3-6,11H2,1-2H3,(H,12,13). The lowest BCUT2D eigenvalue weighted by Crippen LogP contribution is -2.49. The first-order valence-corrected chi connectivity index (χ1v) is 7.40. The fourth-order valence-electron chi connectivity index (χ4n) is 1.63. The van der Waals surface area contributed by atoms with Crippen LogP contribution in [0.25, 0.3) is 0 Å². The summed E-state index contributed by atoms with van der Waals surface area (Å²) in [5.41, 5.74) is 5.70. The van der Waals surface area contributed by atoms with Gasteiger partial charge in [0.25, 0.3) is 0 Å². The smallest absolute Gasteiger partial charge is 0.237 e. The van der Waals surface area contributed by atoms with Crippen molar-refractivity contribution in [3.05, 3.63) is 0 Å². The molecule has 94 valence electrons. The number of nitrogens with two attached hydrogens (primary N) is 1. The lowest BCUT2D eigenvalue weighted by molar-refractivity contribution is -0.124. The van der Waals surface area contributed by atoms with E-state index in [1.165, 1.54) is 0 Å². The average Bonchev–Trinajstić information content (AvgIpc) is 2.19. The summed E-state index contributed by atoms with van der Waals surface area (Å²) >= 11 is 0. The zero-order valence-electron chi connectivity index (χ0n) is 9.77. The van der Waals surface area contributed by atoms with Crippen LogP contribution in [0.15, 0.2) is 0 Å². The highest BCUT2D eigenvalue weighted by Gasteiger charge is 2.26. The molecule has 1 atom stereocenters. The summed E-state index contributed by atoms with van der Waals surface area (Å²) in [6, 6.07) is -0.556. The van der Waals surface area contributed by atoms with Crippen LogP contribution < -0.4 is 11.1 Å². The Balaban J connectivity index is 2.42. The summed E-state index contributed by atoms with van der Waals surface area (Å²) in [7, 11) is -2.87. The van der Waals surface area contributed by atoms with Crippen LogP contribution in [0.2, 0.25) is 0 Å². The first-order valence-electron chi connectivity index (χ1n) is 5.58. The van der Waals surface area contributed by atoms with Gasteiger partial charge in [-0.2, -0.15) is 0 Å². The number of rotatable bonds is 3. The van der Waals surface area contributed by atoms with Gasteiger partial charge in [0, 0.05) is 6.04 Å². The summed E-state index contributed by atoms with van der Waals surface area (Å²) in [4.78, 5) is 11.6. The number of sulfone groups is 1. The molecule has 1 heterocycles. The Morgan fingerprint density at radius 3 is 2.25 bits per heavy atom. The third kappa shape index (κ3) is 3.75. The van der Waals surface area contributed by atoms with Gasteiger partial charge in [0.15, 0.2) is 0 Å². The van der Waals surface area contributed by atoms with E-state index in [9.17, 15) is 13.2 Å².